The highest BCUT2D eigenvalue weighted by molar-refractivity contribution is 6.34. The van der Waals surface area contributed by atoms with Gasteiger partial charge in [-0.15, -0.1) is 0 Å². The van der Waals surface area contributed by atoms with E-state index in [0.29, 0.717) is 6.07 Å². The molecule has 1 aromatic rings. The van der Waals surface area contributed by atoms with E-state index in [2.05, 4.69) is 4.74 Å². The second kappa shape index (κ2) is 4.44. The van der Waals surface area contributed by atoms with Gasteiger partial charge in [0.2, 0.25) is 5.69 Å². The number of hydrogen-bond donors (Lipinski definition) is 0. The summed E-state index contributed by atoms with van der Waals surface area (Å²) >= 11 is 5.24. The van der Waals surface area contributed by atoms with Crippen LogP contribution in [0.15, 0.2) is 6.07 Å². The highest BCUT2D eigenvalue weighted by Crippen LogP contribution is 2.42. The number of hydrogen-bond acceptors (Lipinski definition) is 4. The van der Waals surface area contributed by atoms with Crippen molar-refractivity contribution < 1.29 is 23.0 Å². The van der Waals surface area contributed by atoms with Crippen molar-refractivity contribution in [2.75, 3.05) is 12.5 Å². The van der Waals surface area contributed by atoms with Gasteiger partial charge < -0.3 is 4.74 Å². The molecule has 0 aliphatic carbocycles. The Balaban J connectivity index is 3.58. The maximum absolute atomic E-state index is 13.2. The van der Waals surface area contributed by atoms with E-state index in [1.165, 1.54) is 0 Å². The van der Waals surface area contributed by atoms with E-state index in [-0.39, 0.29) is 0 Å². The van der Waals surface area contributed by atoms with Gasteiger partial charge in [0.05, 0.1) is 18.1 Å². The molecule has 9 heteroatoms. The van der Waals surface area contributed by atoms with E-state index in [1.807, 2.05) is 0 Å². The Labute approximate surface area is 92.0 Å². The molecule has 1 rings (SSSR count). The van der Waals surface area contributed by atoms with Crippen LogP contribution in [0.25, 0.3) is 0 Å². The van der Waals surface area contributed by atoms with Crippen LogP contribution in [0.1, 0.15) is 0 Å². The summed E-state index contributed by atoms with van der Waals surface area (Å²) in [4.78, 5) is 9.35. The minimum absolute atomic E-state index is 0.530. The predicted octanol–water partition coefficient (Wildman–Crippen LogP) is 2.97. The molecule has 0 aliphatic rings. The molecule has 1 aromatic carbocycles. The zero-order valence-electron chi connectivity index (χ0n) is 7.71. The van der Waals surface area contributed by atoms with E-state index in [1.54, 1.807) is 0 Å². The van der Waals surface area contributed by atoms with Gasteiger partial charge in [0.1, 0.15) is 5.02 Å². The summed E-state index contributed by atoms with van der Waals surface area (Å²) in [5.41, 5.74) is -2.36. The first-order valence-corrected chi connectivity index (χ1v) is 4.10. The highest BCUT2D eigenvalue weighted by Gasteiger charge is 2.29. The number of benzene rings is 1. The van der Waals surface area contributed by atoms with E-state index in [4.69, 9.17) is 11.6 Å². The quantitative estimate of drug-likeness (QED) is 0.474. The summed E-state index contributed by atoms with van der Waals surface area (Å²) < 4.78 is 42.3. The molecule has 0 heterocycles. The van der Waals surface area contributed by atoms with Crippen LogP contribution < -0.4 is 10.1 Å². The van der Waals surface area contributed by atoms with Crippen LogP contribution in [0, 0.1) is 15.9 Å². The molecular formula is C7H4ClF3N2O3. The number of rotatable bonds is 3. The van der Waals surface area contributed by atoms with Crippen molar-refractivity contribution in [2.24, 2.45) is 0 Å². The summed E-state index contributed by atoms with van der Waals surface area (Å²) in [6.07, 6.45) is 0. The zero-order chi connectivity index (χ0) is 12.5. The SMILES string of the molecule is COc1cc([N+](=O)[O-])c(N(F)F)c(Cl)c1F. The number of anilines is 1. The lowest BCUT2D eigenvalue weighted by Gasteiger charge is -2.09. The summed E-state index contributed by atoms with van der Waals surface area (Å²) in [6, 6.07) is 0.530. The van der Waals surface area contributed by atoms with Gasteiger partial charge in [0.15, 0.2) is 11.6 Å². The average Bonchev–Trinajstić information content (AvgIpc) is 2.20. The second-order valence-corrected chi connectivity index (χ2v) is 2.94. The molecule has 0 amide bonds. The Morgan fingerprint density at radius 1 is 1.56 bits per heavy atom. The van der Waals surface area contributed by atoms with E-state index in [0.717, 1.165) is 7.11 Å². The van der Waals surface area contributed by atoms with Gasteiger partial charge in [0, 0.05) is 0 Å². The van der Waals surface area contributed by atoms with Crippen molar-refractivity contribution in [3.8, 4) is 5.75 Å². The maximum atomic E-state index is 13.2. The molecule has 0 radical (unpaired) electrons. The van der Waals surface area contributed by atoms with Crippen molar-refractivity contribution in [2.45, 2.75) is 0 Å². The van der Waals surface area contributed by atoms with Crippen molar-refractivity contribution in [3.63, 3.8) is 0 Å². The lowest BCUT2D eigenvalue weighted by atomic mass is 10.2. The topological polar surface area (TPSA) is 55.6 Å². The number of nitrogens with zero attached hydrogens (tertiary/aromatic N) is 2. The first-order chi connectivity index (χ1) is 7.40. The van der Waals surface area contributed by atoms with Crippen LogP contribution >= 0.6 is 11.6 Å². The average molecular weight is 257 g/mol. The normalized spacial score (nSPS) is 10.1. The summed E-state index contributed by atoms with van der Waals surface area (Å²) in [5.74, 6) is -1.87. The smallest absolute Gasteiger partial charge is 0.303 e. The van der Waals surface area contributed by atoms with Crippen LogP contribution in [-0.2, 0) is 0 Å². The lowest BCUT2D eigenvalue weighted by molar-refractivity contribution is -0.384. The second-order valence-electron chi connectivity index (χ2n) is 2.56. The minimum Gasteiger partial charge on any atom is -0.493 e. The zero-order valence-corrected chi connectivity index (χ0v) is 8.46. The van der Waals surface area contributed by atoms with Gasteiger partial charge in [-0.05, 0) is 5.34 Å². The predicted molar refractivity (Wildman–Crippen MR) is 49.3 cm³/mol. The minimum atomic E-state index is -1.62. The van der Waals surface area contributed by atoms with E-state index in [9.17, 15) is 23.5 Å². The molecule has 0 bridgehead atoms. The Morgan fingerprint density at radius 2 is 2.12 bits per heavy atom. The van der Waals surface area contributed by atoms with Crippen LogP contribution in [0.5, 0.6) is 5.75 Å². The van der Waals surface area contributed by atoms with Crippen molar-refractivity contribution in [1.82, 2.24) is 0 Å². The van der Waals surface area contributed by atoms with Crippen LogP contribution in [0.3, 0.4) is 0 Å². The molecule has 16 heavy (non-hydrogen) atoms. The first-order valence-electron chi connectivity index (χ1n) is 3.72. The van der Waals surface area contributed by atoms with E-state index < -0.39 is 38.2 Å². The molecule has 5 nitrogen and oxygen atoms in total. The monoisotopic (exact) mass is 256 g/mol. The highest BCUT2D eigenvalue weighted by atomic mass is 35.5. The van der Waals surface area contributed by atoms with Gasteiger partial charge in [0.25, 0.3) is 0 Å². The fraction of sp³-hybridized carbons (Fsp3) is 0.143. The number of methoxy groups -OCH3 is 1. The number of ether oxygens (including phenoxy) is 1. The molecule has 0 spiro atoms. The Kier molecular flexibility index (Phi) is 3.43. The fourth-order valence-electron chi connectivity index (χ4n) is 1.03. The molecule has 0 aromatic heterocycles. The van der Waals surface area contributed by atoms with Gasteiger partial charge in [-0.3, -0.25) is 10.1 Å². The van der Waals surface area contributed by atoms with Crippen LogP contribution in [0.2, 0.25) is 5.02 Å². The third kappa shape index (κ3) is 1.96. The van der Waals surface area contributed by atoms with Gasteiger partial charge in [-0.1, -0.05) is 20.6 Å². The molecule has 0 saturated heterocycles. The molecule has 0 aliphatic heterocycles. The Hall–Kier alpha value is -1.70. The molecular weight excluding hydrogens is 253 g/mol. The van der Waals surface area contributed by atoms with Crippen molar-refractivity contribution >= 4 is 23.0 Å². The van der Waals surface area contributed by atoms with Gasteiger partial charge >= 0.3 is 5.69 Å². The molecule has 0 atom stereocenters. The third-order valence-electron chi connectivity index (χ3n) is 1.71. The number of nitro groups is 1. The van der Waals surface area contributed by atoms with Gasteiger partial charge in [-0.25, -0.2) is 4.39 Å². The Bertz CT molecular complexity index is 441. The van der Waals surface area contributed by atoms with Gasteiger partial charge in [-0.2, -0.15) is 0 Å². The van der Waals surface area contributed by atoms with Crippen LogP contribution in [-0.4, -0.2) is 12.0 Å². The van der Waals surface area contributed by atoms with E-state index >= 15 is 0 Å². The molecule has 0 saturated carbocycles. The largest absolute Gasteiger partial charge is 0.493 e. The third-order valence-corrected chi connectivity index (χ3v) is 2.06. The number of nitro benzene ring substituents is 1. The maximum Gasteiger partial charge on any atom is 0.303 e. The lowest BCUT2D eigenvalue weighted by Crippen LogP contribution is -2.04. The fourth-order valence-corrected chi connectivity index (χ4v) is 1.28. The Morgan fingerprint density at radius 3 is 2.50 bits per heavy atom. The summed E-state index contributed by atoms with van der Waals surface area (Å²) in [6.45, 7) is 0. The summed E-state index contributed by atoms with van der Waals surface area (Å²) in [7, 11) is 1.03. The number of halogens is 4. The molecule has 0 unspecified atom stereocenters. The van der Waals surface area contributed by atoms with Crippen LogP contribution in [0.4, 0.5) is 24.7 Å². The standard InChI is InChI=1S/C7H4ClF3N2O3/c1-16-4-2-3(13(14)15)7(12(10)11)5(8)6(4)9/h2H,1H3. The molecule has 0 fully saturated rings. The van der Waals surface area contributed by atoms with Crippen molar-refractivity contribution in [3.05, 3.63) is 27.0 Å². The van der Waals surface area contributed by atoms with Crippen molar-refractivity contribution in [1.29, 1.82) is 0 Å². The first kappa shape index (κ1) is 12.4. The molecule has 88 valence electrons. The summed E-state index contributed by atoms with van der Waals surface area (Å²) in [5, 5.41) is 7.77. The molecule has 0 N–H and O–H groups in total.